The number of hydrogen-bond donors (Lipinski definition) is 1. The van der Waals surface area contributed by atoms with Gasteiger partial charge in [0, 0.05) is 17.8 Å². The highest BCUT2D eigenvalue weighted by molar-refractivity contribution is 5.92. The maximum Gasteiger partial charge on any atom is 0.310 e. The van der Waals surface area contributed by atoms with E-state index in [9.17, 15) is 14.9 Å². The van der Waals surface area contributed by atoms with Crippen molar-refractivity contribution in [2.75, 3.05) is 11.9 Å². The molecule has 0 aliphatic heterocycles. The fraction of sp³-hybridized carbons (Fsp3) is 0.0909. The van der Waals surface area contributed by atoms with Crippen LogP contribution < -0.4 is 14.8 Å². The molecule has 0 saturated carbocycles. The van der Waals surface area contributed by atoms with Gasteiger partial charge in [0.25, 0.3) is 5.91 Å². The van der Waals surface area contributed by atoms with Gasteiger partial charge in [-0.3, -0.25) is 14.9 Å². The molecule has 150 valence electrons. The SMILES string of the molecule is N#Cc1cccc(COc2cccc(NC(=O)COc3ccccc3[N+](=O)[O-])c2)c1. The van der Waals surface area contributed by atoms with Crippen LogP contribution in [0.2, 0.25) is 0 Å². The maximum absolute atomic E-state index is 12.2. The Labute approximate surface area is 172 Å². The number of rotatable bonds is 8. The number of ether oxygens (including phenoxy) is 2. The average Bonchev–Trinajstić information content (AvgIpc) is 2.77. The van der Waals surface area contributed by atoms with Crippen LogP contribution in [0.1, 0.15) is 11.1 Å². The fourth-order valence-corrected chi connectivity index (χ4v) is 2.63. The number of anilines is 1. The maximum atomic E-state index is 12.2. The smallest absolute Gasteiger partial charge is 0.310 e. The zero-order valence-corrected chi connectivity index (χ0v) is 15.8. The molecule has 1 N–H and O–H groups in total. The molecule has 3 rings (SSSR count). The number of nitrogens with zero attached hydrogens (tertiary/aromatic N) is 2. The van der Waals surface area contributed by atoms with E-state index >= 15 is 0 Å². The van der Waals surface area contributed by atoms with Gasteiger partial charge in [0.15, 0.2) is 12.4 Å². The number of nitrogens with one attached hydrogen (secondary N) is 1. The van der Waals surface area contributed by atoms with Crippen LogP contribution in [0, 0.1) is 21.4 Å². The van der Waals surface area contributed by atoms with E-state index in [1.54, 1.807) is 48.5 Å². The van der Waals surface area contributed by atoms with E-state index in [4.69, 9.17) is 14.7 Å². The Morgan fingerprint density at radius 1 is 1.03 bits per heavy atom. The second-order valence-electron chi connectivity index (χ2n) is 6.19. The van der Waals surface area contributed by atoms with Crippen molar-refractivity contribution in [3.63, 3.8) is 0 Å². The fourth-order valence-electron chi connectivity index (χ4n) is 2.63. The summed E-state index contributed by atoms with van der Waals surface area (Å²) in [4.78, 5) is 22.6. The molecule has 0 aromatic heterocycles. The first kappa shape index (κ1) is 20.4. The van der Waals surface area contributed by atoms with E-state index in [2.05, 4.69) is 11.4 Å². The van der Waals surface area contributed by atoms with Crippen LogP contribution >= 0.6 is 0 Å². The molecule has 1 amide bonds. The Kier molecular flexibility index (Phi) is 6.59. The highest BCUT2D eigenvalue weighted by atomic mass is 16.6. The van der Waals surface area contributed by atoms with Crippen LogP contribution in [0.4, 0.5) is 11.4 Å². The van der Waals surface area contributed by atoms with E-state index in [-0.39, 0.29) is 24.7 Å². The third-order valence-corrected chi connectivity index (χ3v) is 4.00. The number of nitriles is 1. The molecule has 0 spiro atoms. The van der Waals surface area contributed by atoms with Gasteiger partial charge < -0.3 is 14.8 Å². The molecule has 0 saturated heterocycles. The monoisotopic (exact) mass is 403 g/mol. The number of nitro benzene ring substituents is 1. The van der Waals surface area contributed by atoms with Gasteiger partial charge >= 0.3 is 5.69 Å². The zero-order valence-electron chi connectivity index (χ0n) is 15.8. The largest absolute Gasteiger partial charge is 0.489 e. The Hall–Kier alpha value is -4.38. The summed E-state index contributed by atoms with van der Waals surface area (Å²) in [6.07, 6.45) is 0. The molecule has 0 heterocycles. The molecule has 0 bridgehead atoms. The van der Waals surface area contributed by atoms with E-state index in [0.717, 1.165) is 5.56 Å². The minimum Gasteiger partial charge on any atom is -0.489 e. The van der Waals surface area contributed by atoms with Gasteiger partial charge in [0.2, 0.25) is 0 Å². The molecule has 0 aliphatic rings. The summed E-state index contributed by atoms with van der Waals surface area (Å²) in [5, 5.41) is 22.6. The number of nitro groups is 1. The van der Waals surface area contributed by atoms with Gasteiger partial charge in [-0.15, -0.1) is 0 Å². The van der Waals surface area contributed by atoms with Gasteiger partial charge in [0.05, 0.1) is 16.6 Å². The van der Waals surface area contributed by atoms with Crippen molar-refractivity contribution < 1.29 is 19.2 Å². The topological polar surface area (TPSA) is 114 Å². The van der Waals surface area contributed by atoms with Gasteiger partial charge in [0.1, 0.15) is 12.4 Å². The summed E-state index contributed by atoms with van der Waals surface area (Å²) in [6, 6.07) is 21.8. The molecule has 0 atom stereocenters. The van der Waals surface area contributed by atoms with Crippen LogP contribution in [-0.4, -0.2) is 17.4 Å². The highest BCUT2D eigenvalue weighted by Crippen LogP contribution is 2.25. The summed E-state index contributed by atoms with van der Waals surface area (Å²) >= 11 is 0. The summed E-state index contributed by atoms with van der Waals surface area (Å²) in [5.74, 6) is 0.0936. The first-order valence-corrected chi connectivity index (χ1v) is 8.93. The van der Waals surface area contributed by atoms with Crippen molar-refractivity contribution >= 4 is 17.3 Å². The number of hydrogen-bond acceptors (Lipinski definition) is 6. The van der Waals surface area contributed by atoms with Gasteiger partial charge in [-0.1, -0.05) is 30.3 Å². The van der Waals surface area contributed by atoms with Crippen molar-refractivity contribution in [3.8, 4) is 17.6 Å². The molecular weight excluding hydrogens is 386 g/mol. The van der Waals surface area contributed by atoms with E-state index in [1.807, 2.05) is 6.07 Å². The van der Waals surface area contributed by atoms with Crippen molar-refractivity contribution in [3.05, 3.63) is 94.0 Å². The highest BCUT2D eigenvalue weighted by Gasteiger charge is 2.15. The third-order valence-electron chi connectivity index (χ3n) is 4.00. The van der Waals surface area contributed by atoms with E-state index in [1.165, 1.54) is 18.2 Å². The Bertz CT molecular complexity index is 1110. The van der Waals surface area contributed by atoms with E-state index < -0.39 is 10.8 Å². The quantitative estimate of drug-likeness (QED) is 0.448. The summed E-state index contributed by atoms with van der Waals surface area (Å²) in [5.41, 5.74) is 1.69. The molecule has 30 heavy (non-hydrogen) atoms. The van der Waals surface area contributed by atoms with Crippen molar-refractivity contribution in [1.29, 1.82) is 5.26 Å². The van der Waals surface area contributed by atoms with Crippen LogP contribution in [0.15, 0.2) is 72.8 Å². The number of carbonyl (C=O) groups is 1. The molecule has 0 fully saturated rings. The molecule has 3 aromatic carbocycles. The minimum absolute atomic E-state index is 0.0225. The Balaban J connectivity index is 1.56. The molecule has 0 aliphatic carbocycles. The van der Waals surface area contributed by atoms with E-state index in [0.29, 0.717) is 17.0 Å². The zero-order chi connectivity index (χ0) is 21.3. The molecule has 8 nitrogen and oxygen atoms in total. The second-order valence-corrected chi connectivity index (χ2v) is 6.19. The van der Waals surface area contributed by atoms with Crippen LogP contribution in [-0.2, 0) is 11.4 Å². The first-order chi connectivity index (χ1) is 14.5. The van der Waals surface area contributed by atoms with Gasteiger partial charge in [-0.2, -0.15) is 5.26 Å². The van der Waals surface area contributed by atoms with Crippen LogP contribution in [0.3, 0.4) is 0 Å². The van der Waals surface area contributed by atoms with Gasteiger partial charge in [-0.25, -0.2) is 0 Å². The summed E-state index contributed by atoms with van der Waals surface area (Å²) in [7, 11) is 0. The predicted molar refractivity (Wildman–Crippen MR) is 109 cm³/mol. The minimum atomic E-state index is -0.569. The Morgan fingerprint density at radius 2 is 1.83 bits per heavy atom. The van der Waals surface area contributed by atoms with Crippen molar-refractivity contribution in [1.82, 2.24) is 0 Å². The van der Waals surface area contributed by atoms with Crippen molar-refractivity contribution in [2.45, 2.75) is 6.61 Å². The number of para-hydroxylation sites is 2. The summed E-state index contributed by atoms with van der Waals surface area (Å²) in [6.45, 7) is -0.107. The lowest BCUT2D eigenvalue weighted by atomic mass is 10.1. The lowest BCUT2D eigenvalue weighted by molar-refractivity contribution is -0.385. The lowest BCUT2D eigenvalue weighted by Crippen LogP contribution is -2.20. The molecule has 8 heteroatoms. The molecule has 0 radical (unpaired) electrons. The number of amides is 1. The first-order valence-electron chi connectivity index (χ1n) is 8.93. The number of benzene rings is 3. The standard InChI is InChI=1S/C22H17N3O5/c23-13-16-5-3-6-17(11-16)14-29-19-8-4-7-18(12-19)24-22(26)15-30-21-10-2-1-9-20(21)25(27)28/h1-12H,14-15H2,(H,24,26). The normalized spacial score (nSPS) is 9.97. The molecule has 3 aromatic rings. The van der Waals surface area contributed by atoms with Crippen LogP contribution in [0.5, 0.6) is 11.5 Å². The van der Waals surface area contributed by atoms with Gasteiger partial charge in [-0.05, 0) is 35.9 Å². The van der Waals surface area contributed by atoms with Crippen LogP contribution in [0.25, 0.3) is 0 Å². The summed E-state index contributed by atoms with van der Waals surface area (Å²) < 4.78 is 11.0. The lowest BCUT2D eigenvalue weighted by Gasteiger charge is -2.10. The second kappa shape index (κ2) is 9.71. The Morgan fingerprint density at radius 3 is 2.63 bits per heavy atom. The molecular formula is C22H17N3O5. The molecule has 0 unspecified atom stereocenters. The third kappa shape index (κ3) is 5.56. The van der Waals surface area contributed by atoms with Crippen molar-refractivity contribution in [2.24, 2.45) is 0 Å². The number of carbonyl (C=O) groups excluding carboxylic acids is 1. The predicted octanol–water partition coefficient (Wildman–Crippen LogP) is 4.06. The average molecular weight is 403 g/mol.